The Morgan fingerprint density at radius 2 is 2.11 bits per heavy atom. The van der Waals surface area contributed by atoms with Gasteiger partial charge >= 0.3 is 5.97 Å². The first-order valence-corrected chi connectivity index (χ1v) is 5.86. The van der Waals surface area contributed by atoms with Crippen LogP contribution in [0.25, 0.3) is 0 Å². The van der Waals surface area contributed by atoms with Crippen LogP contribution in [-0.4, -0.2) is 49.5 Å². The van der Waals surface area contributed by atoms with Crippen LogP contribution >= 0.6 is 0 Å². The van der Waals surface area contributed by atoms with Gasteiger partial charge in [0.05, 0.1) is 5.56 Å². The number of benzene rings is 1. The van der Waals surface area contributed by atoms with Crippen molar-refractivity contribution < 1.29 is 28.5 Å². The molecular formula is C13H15FO5. The molecule has 0 saturated carbocycles. The van der Waals surface area contributed by atoms with Crippen molar-refractivity contribution in [3.63, 3.8) is 0 Å². The molecule has 1 heterocycles. The molecule has 1 aromatic carbocycles. The smallest absolute Gasteiger partial charge is 0.338 e. The summed E-state index contributed by atoms with van der Waals surface area (Å²) in [5.41, 5.74) is 0.375. The van der Waals surface area contributed by atoms with Crippen LogP contribution in [0.15, 0.2) is 30.3 Å². The van der Waals surface area contributed by atoms with Crippen LogP contribution in [0, 0.1) is 0 Å². The molecule has 1 aromatic rings. The molecule has 0 aromatic heterocycles. The van der Waals surface area contributed by atoms with Crippen molar-refractivity contribution in [3.05, 3.63) is 35.9 Å². The number of carbonyl (C=O) groups excluding carboxylic acids is 1. The van der Waals surface area contributed by atoms with E-state index in [1.54, 1.807) is 30.3 Å². The molecule has 104 valence electrons. The van der Waals surface area contributed by atoms with E-state index < -0.39 is 30.6 Å². The van der Waals surface area contributed by atoms with E-state index in [9.17, 15) is 14.3 Å². The molecule has 1 aliphatic heterocycles. The molecule has 0 bridgehead atoms. The van der Waals surface area contributed by atoms with Crippen molar-refractivity contribution in [2.24, 2.45) is 0 Å². The number of aliphatic hydroxyl groups excluding tert-OH is 1. The number of hydrogen-bond donors (Lipinski definition) is 1. The fourth-order valence-electron chi connectivity index (χ4n) is 1.84. The van der Waals surface area contributed by atoms with Crippen molar-refractivity contribution in [1.29, 1.82) is 0 Å². The molecule has 1 saturated heterocycles. The lowest BCUT2D eigenvalue weighted by Crippen LogP contribution is -2.31. The first-order valence-electron chi connectivity index (χ1n) is 5.86. The van der Waals surface area contributed by atoms with Gasteiger partial charge in [-0.05, 0) is 12.1 Å². The van der Waals surface area contributed by atoms with E-state index in [1.165, 1.54) is 7.11 Å². The third-order valence-electron chi connectivity index (χ3n) is 2.89. The van der Waals surface area contributed by atoms with E-state index >= 15 is 0 Å². The maximum atomic E-state index is 13.6. The van der Waals surface area contributed by atoms with Crippen LogP contribution in [0.4, 0.5) is 4.39 Å². The van der Waals surface area contributed by atoms with Crippen LogP contribution < -0.4 is 0 Å². The van der Waals surface area contributed by atoms with Gasteiger partial charge in [-0.25, -0.2) is 9.18 Å². The normalized spacial score (nSPS) is 30.3. The molecule has 0 amide bonds. The summed E-state index contributed by atoms with van der Waals surface area (Å²) in [6, 6.07) is 8.36. The Labute approximate surface area is 109 Å². The van der Waals surface area contributed by atoms with Crippen LogP contribution in [0.3, 0.4) is 0 Å². The number of esters is 1. The highest BCUT2D eigenvalue weighted by atomic mass is 19.1. The first-order chi connectivity index (χ1) is 9.13. The molecule has 1 N–H and O–H groups in total. The zero-order chi connectivity index (χ0) is 13.8. The second kappa shape index (κ2) is 6.10. The summed E-state index contributed by atoms with van der Waals surface area (Å²) in [6.45, 7) is -0.272. The number of aliphatic hydroxyl groups is 1. The van der Waals surface area contributed by atoms with Gasteiger partial charge in [-0.1, -0.05) is 18.2 Å². The summed E-state index contributed by atoms with van der Waals surface area (Å²) >= 11 is 0. The van der Waals surface area contributed by atoms with Crippen molar-refractivity contribution >= 4 is 5.97 Å². The van der Waals surface area contributed by atoms with Crippen LogP contribution in [0.2, 0.25) is 0 Å². The van der Waals surface area contributed by atoms with E-state index in [2.05, 4.69) is 0 Å². The Bertz CT molecular complexity index is 424. The topological polar surface area (TPSA) is 65.0 Å². The van der Waals surface area contributed by atoms with Crippen LogP contribution in [0.1, 0.15) is 10.4 Å². The fraction of sp³-hybridized carbons (Fsp3) is 0.462. The van der Waals surface area contributed by atoms with Gasteiger partial charge in [-0.15, -0.1) is 0 Å². The second-order valence-electron chi connectivity index (χ2n) is 4.18. The summed E-state index contributed by atoms with van der Waals surface area (Å²) in [4.78, 5) is 11.6. The molecule has 2 rings (SSSR count). The molecule has 1 fully saturated rings. The number of ether oxygens (including phenoxy) is 3. The van der Waals surface area contributed by atoms with E-state index in [4.69, 9.17) is 14.2 Å². The summed E-state index contributed by atoms with van der Waals surface area (Å²) in [7, 11) is 1.30. The van der Waals surface area contributed by atoms with Gasteiger partial charge < -0.3 is 19.3 Å². The first kappa shape index (κ1) is 13.9. The highest BCUT2D eigenvalue weighted by Crippen LogP contribution is 2.24. The molecule has 6 heteroatoms. The molecule has 1 aliphatic rings. The lowest BCUT2D eigenvalue weighted by atomic mass is 10.2. The number of halogens is 1. The van der Waals surface area contributed by atoms with Crippen molar-refractivity contribution in [1.82, 2.24) is 0 Å². The molecule has 0 aliphatic carbocycles. The Hall–Kier alpha value is -1.50. The van der Waals surface area contributed by atoms with Crippen molar-refractivity contribution in [2.75, 3.05) is 13.7 Å². The SMILES string of the molecule is CO[C@@H]1O[C@H](COC(=O)c2ccccc2)[C@@H](F)[C@H]1O. The third-order valence-corrected chi connectivity index (χ3v) is 2.89. The highest BCUT2D eigenvalue weighted by molar-refractivity contribution is 5.89. The molecule has 19 heavy (non-hydrogen) atoms. The number of alkyl halides is 1. The lowest BCUT2D eigenvalue weighted by Gasteiger charge is -2.13. The molecule has 0 radical (unpaired) electrons. The quantitative estimate of drug-likeness (QED) is 0.824. The summed E-state index contributed by atoms with van der Waals surface area (Å²) in [5, 5.41) is 9.44. The average molecular weight is 270 g/mol. The van der Waals surface area contributed by atoms with Gasteiger partial charge in [0.25, 0.3) is 0 Å². The van der Waals surface area contributed by atoms with Crippen molar-refractivity contribution in [2.45, 2.75) is 24.7 Å². The Balaban J connectivity index is 1.88. The number of rotatable bonds is 4. The van der Waals surface area contributed by atoms with Gasteiger partial charge in [0.2, 0.25) is 0 Å². The molecule has 4 atom stereocenters. The third kappa shape index (κ3) is 3.09. The predicted molar refractivity (Wildman–Crippen MR) is 63.3 cm³/mol. The minimum absolute atomic E-state index is 0.272. The minimum Gasteiger partial charge on any atom is -0.459 e. The monoisotopic (exact) mass is 270 g/mol. The maximum absolute atomic E-state index is 13.6. The largest absolute Gasteiger partial charge is 0.459 e. The highest BCUT2D eigenvalue weighted by Gasteiger charge is 2.45. The molecular weight excluding hydrogens is 255 g/mol. The zero-order valence-corrected chi connectivity index (χ0v) is 10.4. The van der Waals surface area contributed by atoms with E-state index in [1.807, 2.05) is 0 Å². The van der Waals surface area contributed by atoms with Crippen LogP contribution in [0.5, 0.6) is 0 Å². The van der Waals surface area contributed by atoms with Gasteiger partial charge in [0.15, 0.2) is 12.5 Å². The standard InChI is InChI=1S/C13H15FO5/c1-17-13-11(15)10(14)9(19-13)7-18-12(16)8-5-3-2-4-6-8/h2-6,9-11,13,15H,7H2,1H3/t9-,10-,11-,13-/m1/s1. The summed E-state index contributed by atoms with van der Waals surface area (Å²) < 4.78 is 28.4. The van der Waals surface area contributed by atoms with Gasteiger partial charge in [-0.2, -0.15) is 0 Å². The summed E-state index contributed by atoms with van der Waals surface area (Å²) in [5.74, 6) is -0.563. The van der Waals surface area contributed by atoms with E-state index in [0.717, 1.165) is 0 Å². The molecule has 0 unspecified atom stereocenters. The minimum atomic E-state index is -1.64. The predicted octanol–water partition coefficient (Wildman–Crippen LogP) is 0.914. The Kier molecular flexibility index (Phi) is 4.47. The number of carbonyl (C=O) groups is 1. The van der Waals surface area contributed by atoms with Gasteiger partial charge in [0.1, 0.15) is 18.8 Å². The average Bonchev–Trinajstić information content (AvgIpc) is 2.73. The van der Waals surface area contributed by atoms with Crippen molar-refractivity contribution in [3.8, 4) is 0 Å². The van der Waals surface area contributed by atoms with E-state index in [-0.39, 0.29) is 6.61 Å². The van der Waals surface area contributed by atoms with E-state index in [0.29, 0.717) is 5.56 Å². The lowest BCUT2D eigenvalue weighted by molar-refractivity contribution is -0.153. The molecule has 5 nitrogen and oxygen atoms in total. The number of methoxy groups -OCH3 is 1. The maximum Gasteiger partial charge on any atom is 0.338 e. The summed E-state index contributed by atoms with van der Waals surface area (Å²) in [6.07, 6.45) is -5.07. The zero-order valence-electron chi connectivity index (χ0n) is 10.4. The van der Waals surface area contributed by atoms with Gasteiger partial charge in [-0.3, -0.25) is 0 Å². The van der Waals surface area contributed by atoms with Crippen LogP contribution in [-0.2, 0) is 14.2 Å². The second-order valence-corrected chi connectivity index (χ2v) is 4.18. The number of hydrogen-bond acceptors (Lipinski definition) is 5. The Morgan fingerprint density at radius 3 is 2.68 bits per heavy atom. The Morgan fingerprint density at radius 1 is 1.42 bits per heavy atom. The fourth-order valence-corrected chi connectivity index (χ4v) is 1.84. The van der Waals surface area contributed by atoms with Gasteiger partial charge in [0, 0.05) is 7.11 Å². The molecule has 0 spiro atoms.